The molecule has 2 aromatic rings. The summed E-state index contributed by atoms with van der Waals surface area (Å²) < 4.78 is 11.5. The molecule has 1 aliphatic heterocycles. The Kier molecular flexibility index (Phi) is 6.08. The molecule has 0 radical (unpaired) electrons. The molecule has 1 saturated heterocycles. The van der Waals surface area contributed by atoms with Crippen molar-refractivity contribution in [3.63, 3.8) is 0 Å². The highest BCUT2D eigenvalue weighted by Gasteiger charge is 2.32. The molecule has 1 unspecified atom stereocenters. The van der Waals surface area contributed by atoms with Gasteiger partial charge >= 0.3 is 6.03 Å². The second-order valence-electron chi connectivity index (χ2n) is 6.50. The maximum atomic E-state index is 12.4. The number of carbonyl (C=O) groups excluding carboxylic acids is 2. The van der Waals surface area contributed by atoms with E-state index in [4.69, 9.17) is 9.47 Å². The van der Waals surface area contributed by atoms with E-state index in [1.165, 1.54) is 0 Å². The summed E-state index contributed by atoms with van der Waals surface area (Å²) in [5.74, 6) is 1.09. The number of hydrogen-bond donors (Lipinski definition) is 2. The van der Waals surface area contributed by atoms with Gasteiger partial charge in [-0.15, -0.1) is 0 Å². The first kappa shape index (κ1) is 20.0. The van der Waals surface area contributed by atoms with Crippen LogP contribution in [-0.2, 0) is 4.79 Å². The Balaban J connectivity index is 1.65. The molecule has 0 spiro atoms. The number of nitrogens with zero attached hydrogens (tertiary/aromatic N) is 1. The van der Waals surface area contributed by atoms with Gasteiger partial charge in [0, 0.05) is 34.9 Å². The van der Waals surface area contributed by atoms with Crippen LogP contribution in [0.4, 0.5) is 16.2 Å². The van der Waals surface area contributed by atoms with E-state index in [9.17, 15) is 9.59 Å². The van der Waals surface area contributed by atoms with Crippen molar-refractivity contribution < 1.29 is 19.1 Å². The van der Waals surface area contributed by atoms with E-state index < -0.39 is 0 Å². The van der Waals surface area contributed by atoms with Crippen LogP contribution in [0.2, 0.25) is 0 Å². The van der Waals surface area contributed by atoms with Crippen LogP contribution in [0.1, 0.15) is 12.0 Å². The Morgan fingerprint density at radius 2 is 1.89 bits per heavy atom. The van der Waals surface area contributed by atoms with Crippen molar-refractivity contribution in [1.82, 2.24) is 5.32 Å². The standard InChI is InChI=1S/C20H22BrN3O4/c1-12-8-13(21)4-6-16(12)23-20(26)22-14-9-19(25)24(11-14)15-5-7-17(27-2)18(10-15)28-3/h4-8,10,14H,9,11H2,1-3H3,(H2,22,23,26). The van der Waals surface area contributed by atoms with E-state index in [0.29, 0.717) is 23.7 Å². The van der Waals surface area contributed by atoms with Crippen molar-refractivity contribution in [2.75, 3.05) is 31.0 Å². The molecule has 3 amide bonds. The highest BCUT2D eigenvalue weighted by molar-refractivity contribution is 9.10. The van der Waals surface area contributed by atoms with Crippen LogP contribution >= 0.6 is 15.9 Å². The minimum Gasteiger partial charge on any atom is -0.493 e. The summed E-state index contributed by atoms with van der Waals surface area (Å²) in [4.78, 5) is 26.4. The molecule has 1 aliphatic rings. The van der Waals surface area contributed by atoms with Crippen LogP contribution < -0.4 is 25.0 Å². The summed E-state index contributed by atoms with van der Waals surface area (Å²) in [6, 6.07) is 10.3. The number of nitrogens with one attached hydrogen (secondary N) is 2. The SMILES string of the molecule is COc1ccc(N2CC(NC(=O)Nc3ccc(Br)cc3C)CC2=O)cc1OC. The Morgan fingerprint density at radius 3 is 2.57 bits per heavy atom. The van der Waals surface area contributed by atoms with Crippen molar-refractivity contribution in [1.29, 1.82) is 0 Å². The van der Waals surface area contributed by atoms with Crippen LogP contribution in [0.3, 0.4) is 0 Å². The molecule has 0 bridgehead atoms. The minimum atomic E-state index is -0.336. The van der Waals surface area contributed by atoms with Gasteiger partial charge in [-0.3, -0.25) is 4.79 Å². The molecule has 0 saturated carbocycles. The molecule has 8 heteroatoms. The summed E-state index contributed by atoms with van der Waals surface area (Å²) >= 11 is 3.40. The topological polar surface area (TPSA) is 79.9 Å². The fourth-order valence-corrected chi connectivity index (χ4v) is 3.63. The summed E-state index contributed by atoms with van der Waals surface area (Å²) in [7, 11) is 3.11. The number of benzene rings is 2. The highest BCUT2D eigenvalue weighted by atomic mass is 79.9. The lowest BCUT2D eigenvalue weighted by atomic mass is 10.2. The number of rotatable bonds is 5. The van der Waals surface area contributed by atoms with Crippen LogP contribution in [-0.4, -0.2) is 38.7 Å². The molecule has 28 heavy (non-hydrogen) atoms. The zero-order chi connectivity index (χ0) is 20.3. The molecular weight excluding hydrogens is 426 g/mol. The van der Waals surface area contributed by atoms with Crippen molar-refractivity contribution in [3.8, 4) is 11.5 Å². The van der Waals surface area contributed by atoms with E-state index in [-0.39, 0.29) is 24.4 Å². The van der Waals surface area contributed by atoms with Gasteiger partial charge in [-0.2, -0.15) is 0 Å². The molecule has 1 fully saturated rings. The third-order valence-electron chi connectivity index (χ3n) is 4.58. The van der Waals surface area contributed by atoms with Gasteiger partial charge in [0.1, 0.15) is 0 Å². The van der Waals surface area contributed by atoms with E-state index in [2.05, 4.69) is 26.6 Å². The first-order valence-electron chi connectivity index (χ1n) is 8.77. The minimum absolute atomic E-state index is 0.0580. The van der Waals surface area contributed by atoms with Crippen molar-refractivity contribution in [2.45, 2.75) is 19.4 Å². The summed E-state index contributed by atoms with van der Waals surface area (Å²) in [5, 5.41) is 5.70. The van der Waals surface area contributed by atoms with Gasteiger partial charge < -0.3 is 25.0 Å². The molecule has 1 atom stereocenters. The Hall–Kier alpha value is -2.74. The molecular formula is C20H22BrN3O4. The van der Waals surface area contributed by atoms with Gasteiger partial charge in [0.2, 0.25) is 5.91 Å². The first-order chi connectivity index (χ1) is 13.4. The summed E-state index contributed by atoms with van der Waals surface area (Å²) in [6.07, 6.45) is 0.237. The fourth-order valence-electron chi connectivity index (χ4n) is 3.16. The normalized spacial score (nSPS) is 16.1. The van der Waals surface area contributed by atoms with Crippen LogP contribution in [0.25, 0.3) is 0 Å². The number of urea groups is 1. The van der Waals surface area contributed by atoms with Crippen LogP contribution in [0.15, 0.2) is 40.9 Å². The molecule has 3 rings (SSSR count). The lowest BCUT2D eigenvalue weighted by Gasteiger charge is -2.19. The van der Waals surface area contributed by atoms with Gasteiger partial charge in [0.25, 0.3) is 0 Å². The van der Waals surface area contributed by atoms with E-state index in [1.807, 2.05) is 25.1 Å². The second kappa shape index (κ2) is 8.52. The highest BCUT2D eigenvalue weighted by Crippen LogP contribution is 2.33. The Morgan fingerprint density at radius 1 is 1.14 bits per heavy atom. The lowest BCUT2D eigenvalue weighted by molar-refractivity contribution is -0.117. The number of anilines is 2. The van der Waals surface area contributed by atoms with E-state index in [0.717, 1.165) is 15.7 Å². The van der Waals surface area contributed by atoms with Crippen LogP contribution in [0, 0.1) is 6.92 Å². The Labute approximate surface area is 172 Å². The second-order valence-corrected chi connectivity index (χ2v) is 7.42. The van der Waals surface area contributed by atoms with Gasteiger partial charge in [-0.1, -0.05) is 15.9 Å². The lowest BCUT2D eigenvalue weighted by Crippen LogP contribution is -2.39. The Bertz CT molecular complexity index is 903. The third kappa shape index (κ3) is 4.39. The number of amides is 3. The number of methoxy groups -OCH3 is 2. The predicted octanol–water partition coefficient (Wildman–Crippen LogP) is 3.70. The zero-order valence-corrected chi connectivity index (χ0v) is 17.5. The molecule has 2 aromatic carbocycles. The monoisotopic (exact) mass is 447 g/mol. The van der Waals surface area contributed by atoms with Gasteiger partial charge in [-0.05, 0) is 42.8 Å². The van der Waals surface area contributed by atoms with Gasteiger partial charge in [0.05, 0.1) is 20.3 Å². The molecule has 2 N–H and O–H groups in total. The third-order valence-corrected chi connectivity index (χ3v) is 5.07. The maximum absolute atomic E-state index is 12.4. The van der Waals surface area contributed by atoms with E-state index in [1.54, 1.807) is 37.3 Å². The number of halogens is 1. The molecule has 1 heterocycles. The average molecular weight is 448 g/mol. The largest absolute Gasteiger partial charge is 0.493 e. The maximum Gasteiger partial charge on any atom is 0.319 e. The molecule has 0 aromatic heterocycles. The zero-order valence-electron chi connectivity index (χ0n) is 15.9. The molecule has 7 nitrogen and oxygen atoms in total. The summed E-state index contributed by atoms with van der Waals surface area (Å²) in [6.45, 7) is 2.30. The van der Waals surface area contributed by atoms with Crippen molar-refractivity contribution in [2.24, 2.45) is 0 Å². The molecule has 0 aliphatic carbocycles. The van der Waals surface area contributed by atoms with E-state index >= 15 is 0 Å². The fraction of sp³-hybridized carbons (Fsp3) is 0.300. The smallest absolute Gasteiger partial charge is 0.319 e. The first-order valence-corrected chi connectivity index (χ1v) is 9.56. The average Bonchev–Trinajstić information content (AvgIpc) is 3.03. The van der Waals surface area contributed by atoms with Gasteiger partial charge in [0.15, 0.2) is 11.5 Å². The number of aryl methyl sites for hydroxylation is 1. The number of ether oxygens (including phenoxy) is 2. The quantitative estimate of drug-likeness (QED) is 0.731. The van der Waals surface area contributed by atoms with Crippen LogP contribution in [0.5, 0.6) is 11.5 Å². The molecule has 148 valence electrons. The van der Waals surface area contributed by atoms with Gasteiger partial charge in [-0.25, -0.2) is 4.79 Å². The summed E-state index contributed by atoms with van der Waals surface area (Å²) in [5.41, 5.74) is 2.37. The number of carbonyl (C=O) groups is 2. The van der Waals surface area contributed by atoms with Crippen molar-refractivity contribution >= 4 is 39.2 Å². The van der Waals surface area contributed by atoms with Crippen molar-refractivity contribution in [3.05, 3.63) is 46.4 Å². The predicted molar refractivity (Wildman–Crippen MR) is 111 cm³/mol. The number of hydrogen-bond acceptors (Lipinski definition) is 4.